The minimum Gasteiger partial charge on any atom is -0.358 e. The molecule has 0 saturated heterocycles. The van der Waals surface area contributed by atoms with Crippen LogP contribution >= 0.6 is 0 Å². The molecule has 3 aromatic rings. The Morgan fingerprint density at radius 2 is 1.83 bits per heavy atom. The Balaban J connectivity index is 1.31. The number of rotatable bonds is 3. The second-order valence-electron chi connectivity index (χ2n) is 8.59. The first kappa shape index (κ1) is 19.4. The van der Waals surface area contributed by atoms with E-state index in [1.54, 1.807) is 6.07 Å². The average molecular weight is 410 g/mol. The third kappa shape index (κ3) is 3.79. The van der Waals surface area contributed by atoms with Crippen LogP contribution in [0, 0.1) is 5.92 Å². The molecule has 2 aliphatic rings. The van der Waals surface area contributed by atoms with Crippen LogP contribution in [0.5, 0.6) is 0 Å². The number of nitrogens with one attached hydrogen (secondary N) is 2. The predicted molar refractivity (Wildman–Crippen MR) is 114 cm³/mol. The highest BCUT2D eigenvalue weighted by Gasteiger charge is 2.32. The zero-order valence-electron chi connectivity index (χ0n) is 16.7. The molecule has 2 atom stereocenters. The largest absolute Gasteiger partial charge is 0.416 e. The molecule has 0 amide bonds. The van der Waals surface area contributed by atoms with Crippen molar-refractivity contribution in [2.45, 2.75) is 44.3 Å². The molecule has 0 fully saturated rings. The van der Waals surface area contributed by atoms with Crippen LogP contribution in [0.1, 0.15) is 41.6 Å². The smallest absolute Gasteiger partial charge is 0.358 e. The van der Waals surface area contributed by atoms with Gasteiger partial charge in [0.2, 0.25) is 0 Å². The van der Waals surface area contributed by atoms with Crippen LogP contribution < -0.4 is 5.32 Å². The number of aryl methyl sites for hydroxylation is 1. The van der Waals surface area contributed by atoms with Crippen molar-refractivity contribution < 1.29 is 13.2 Å². The number of benzene rings is 2. The van der Waals surface area contributed by atoms with Crippen LogP contribution in [-0.2, 0) is 19.0 Å². The van der Waals surface area contributed by atoms with E-state index >= 15 is 0 Å². The molecular weight excluding hydrogens is 385 g/mol. The van der Waals surface area contributed by atoms with Crippen molar-refractivity contribution >= 4 is 16.5 Å². The normalized spacial score (nSPS) is 22.0. The SMILES string of the molecule is FC(F)(F)c1ccc2c3c([nH]c2c1)CCC(CC1CC(c2ccccc2)=CCN1)C3. The van der Waals surface area contributed by atoms with Crippen LogP contribution in [0.15, 0.2) is 54.6 Å². The number of aromatic amines is 1. The van der Waals surface area contributed by atoms with Crippen LogP contribution in [-0.4, -0.2) is 17.6 Å². The summed E-state index contributed by atoms with van der Waals surface area (Å²) in [6.45, 7) is 0.889. The number of H-pyrrole nitrogens is 1. The summed E-state index contributed by atoms with van der Waals surface area (Å²) in [7, 11) is 0. The predicted octanol–water partition coefficient (Wildman–Crippen LogP) is 6.13. The second-order valence-corrected chi connectivity index (χ2v) is 8.59. The van der Waals surface area contributed by atoms with Crippen molar-refractivity contribution in [2.75, 3.05) is 6.54 Å². The zero-order valence-corrected chi connectivity index (χ0v) is 16.7. The first-order valence-corrected chi connectivity index (χ1v) is 10.7. The maximum Gasteiger partial charge on any atom is 0.416 e. The number of hydrogen-bond acceptors (Lipinski definition) is 1. The van der Waals surface area contributed by atoms with Crippen molar-refractivity contribution in [1.82, 2.24) is 10.3 Å². The molecule has 0 bridgehead atoms. The van der Waals surface area contributed by atoms with E-state index in [1.807, 2.05) is 6.07 Å². The van der Waals surface area contributed by atoms with Gasteiger partial charge in [-0.15, -0.1) is 0 Å². The van der Waals surface area contributed by atoms with E-state index in [1.165, 1.54) is 28.8 Å². The molecule has 30 heavy (non-hydrogen) atoms. The molecule has 2 unspecified atom stereocenters. The van der Waals surface area contributed by atoms with Crippen molar-refractivity contribution in [3.63, 3.8) is 0 Å². The van der Waals surface area contributed by atoms with Crippen LogP contribution in [0.25, 0.3) is 16.5 Å². The molecule has 2 nitrogen and oxygen atoms in total. The second kappa shape index (κ2) is 7.62. The number of fused-ring (bicyclic) bond motifs is 3. The molecular formula is C25H25F3N2. The molecule has 1 aromatic heterocycles. The number of halogens is 3. The van der Waals surface area contributed by atoms with Gasteiger partial charge >= 0.3 is 6.18 Å². The van der Waals surface area contributed by atoms with E-state index in [-0.39, 0.29) is 0 Å². The Bertz CT molecular complexity index is 1080. The molecule has 5 heteroatoms. The van der Waals surface area contributed by atoms with Gasteiger partial charge in [-0.25, -0.2) is 0 Å². The summed E-state index contributed by atoms with van der Waals surface area (Å²) in [5, 5.41) is 4.58. The van der Waals surface area contributed by atoms with Gasteiger partial charge in [0.15, 0.2) is 0 Å². The summed E-state index contributed by atoms with van der Waals surface area (Å²) >= 11 is 0. The highest BCUT2D eigenvalue weighted by Crippen LogP contribution is 2.37. The molecule has 0 radical (unpaired) electrons. The Morgan fingerprint density at radius 3 is 2.63 bits per heavy atom. The first-order chi connectivity index (χ1) is 14.5. The van der Waals surface area contributed by atoms with Crippen LogP contribution in [0.2, 0.25) is 0 Å². The van der Waals surface area contributed by atoms with Crippen LogP contribution in [0.3, 0.4) is 0 Å². The Labute approximate surface area is 174 Å². The average Bonchev–Trinajstić information content (AvgIpc) is 3.11. The Morgan fingerprint density at radius 1 is 1.00 bits per heavy atom. The lowest BCUT2D eigenvalue weighted by molar-refractivity contribution is -0.137. The minimum absolute atomic E-state index is 0.443. The summed E-state index contributed by atoms with van der Waals surface area (Å²) in [5.74, 6) is 0.548. The monoisotopic (exact) mass is 410 g/mol. The van der Waals surface area contributed by atoms with Gasteiger partial charge in [0, 0.05) is 29.2 Å². The van der Waals surface area contributed by atoms with Gasteiger partial charge in [-0.05, 0) is 66.9 Å². The molecule has 1 aliphatic carbocycles. The highest BCUT2D eigenvalue weighted by atomic mass is 19.4. The Hall–Kier alpha value is -2.53. The number of hydrogen-bond donors (Lipinski definition) is 2. The van der Waals surface area contributed by atoms with Crippen molar-refractivity contribution in [3.8, 4) is 0 Å². The topological polar surface area (TPSA) is 27.8 Å². The fourth-order valence-electron chi connectivity index (χ4n) is 5.10. The van der Waals surface area contributed by atoms with Crippen molar-refractivity contribution in [1.29, 1.82) is 0 Å². The maximum atomic E-state index is 13.1. The van der Waals surface area contributed by atoms with Crippen molar-refractivity contribution in [3.05, 3.63) is 77.0 Å². The summed E-state index contributed by atoms with van der Waals surface area (Å²) in [6.07, 6.45) is 3.01. The van der Waals surface area contributed by atoms with Gasteiger partial charge in [-0.3, -0.25) is 0 Å². The molecule has 2 heterocycles. The molecule has 5 rings (SSSR count). The quantitative estimate of drug-likeness (QED) is 0.534. The third-order valence-corrected chi connectivity index (χ3v) is 6.60. The van der Waals surface area contributed by atoms with E-state index in [4.69, 9.17) is 0 Å². The number of aromatic nitrogens is 1. The zero-order chi connectivity index (χ0) is 20.7. The molecule has 0 spiro atoms. The van der Waals surface area contributed by atoms with E-state index in [0.717, 1.165) is 49.7 Å². The highest BCUT2D eigenvalue weighted by molar-refractivity contribution is 5.85. The van der Waals surface area contributed by atoms with E-state index in [2.05, 4.69) is 40.6 Å². The molecule has 2 aromatic carbocycles. The van der Waals surface area contributed by atoms with E-state index < -0.39 is 11.7 Å². The van der Waals surface area contributed by atoms with Crippen molar-refractivity contribution in [2.24, 2.45) is 5.92 Å². The molecule has 0 saturated carbocycles. The summed E-state index contributed by atoms with van der Waals surface area (Å²) in [5.41, 5.74) is 5.05. The van der Waals surface area contributed by atoms with Gasteiger partial charge in [0.05, 0.1) is 5.56 Å². The summed E-state index contributed by atoms with van der Waals surface area (Å²) in [4.78, 5) is 3.26. The minimum atomic E-state index is -4.31. The van der Waals surface area contributed by atoms with Gasteiger partial charge in [-0.1, -0.05) is 42.5 Å². The third-order valence-electron chi connectivity index (χ3n) is 6.60. The number of alkyl halides is 3. The van der Waals surface area contributed by atoms with Gasteiger partial charge in [0.1, 0.15) is 0 Å². The molecule has 2 N–H and O–H groups in total. The van der Waals surface area contributed by atoms with E-state index in [0.29, 0.717) is 17.5 Å². The fraction of sp³-hybridized carbons (Fsp3) is 0.360. The summed E-state index contributed by atoms with van der Waals surface area (Å²) in [6, 6.07) is 15.1. The Kier molecular flexibility index (Phi) is 4.94. The van der Waals surface area contributed by atoms with Gasteiger partial charge in [-0.2, -0.15) is 13.2 Å². The van der Waals surface area contributed by atoms with Gasteiger partial charge in [0.25, 0.3) is 0 Å². The first-order valence-electron chi connectivity index (χ1n) is 10.7. The molecule has 1 aliphatic heterocycles. The lowest BCUT2D eigenvalue weighted by Gasteiger charge is -2.30. The summed E-state index contributed by atoms with van der Waals surface area (Å²) < 4.78 is 39.2. The lowest BCUT2D eigenvalue weighted by atomic mass is 9.80. The van der Waals surface area contributed by atoms with E-state index in [9.17, 15) is 13.2 Å². The lowest BCUT2D eigenvalue weighted by Crippen LogP contribution is -2.35. The van der Waals surface area contributed by atoms with Gasteiger partial charge < -0.3 is 10.3 Å². The standard InChI is InChI=1S/C25H25F3N2/c26-25(27,28)19-7-8-21-22-13-16(6-9-23(22)30-24(21)15-19)12-20-14-18(10-11-29-20)17-4-2-1-3-5-17/h1-5,7-8,10,15-16,20,29-30H,6,9,11-14H2. The maximum absolute atomic E-state index is 13.1. The molecule has 156 valence electrons. The fourth-order valence-corrected chi connectivity index (χ4v) is 5.10. The van der Waals surface area contributed by atoms with Crippen LogP contribution in [0.4, 0.5) is 13.2 Å².